The van der Waals surface area contributed by atoms with Gasteiger partial charge in [-0.25, -0.2) is 0 Å². The van der Waals surface area contributed by atoms with Gasteiger partial charge < -0.3 is 0 Å². The summed E-state index contributed by atoms with van der Waals surface area (Å²) in [7, 11) is 0. The lowest BCUT2D eigenvalue weighted by Crippen LogP contribution is -2.34. The molecular formula is C15H15I. The van der Waals surface area contributed by atoms with Crippen molar-refractivity contribution in [2.75, 3.05) is 0 Å². The number of alkyl halides is 1. The van der Waals surface area contributed by atoms with Crippen LogP contribution < -0.4 is 10.4 Å². The smallest absolute Gasteiger partial charge is 0.0836 e. The van der Waals surface area contributed by atoms with Crippen molar-refractivity contribution in [3.05, 3.63) is 58.5 Å². The molecule has 0 saturated heterocycles. The predicted octanol–water partition coefficient (Wildman–Crippen LogP) is 2.96. The largest absolute Gasteiger partial charge is 0.0897 e. The number of fused-ring (bicyclic) bond motifs is 1. The molecule has 0 aliphatic heterocycles. The maximum atomic E-state index is 2.51. The molecule has 0 bridgehead atoms. The maximum absolute atomic E-state index is 2.51. The van der Waals surface area contributed by atoms with Crippen LogP contribution in [0.4, 0.5) is 0 Å². The van der Waals surface area contributed by atoms with E-state index < -0.39 is 0 Å². The van der Waals surface area contributed by atoms with Gasteiger partial charge in [-0.15, -0.1) is 0 Å². The van der Waals surface area contributed by atoms with Gasteiger partial charge in [-0.05, 0) is 35.9 Å². The number of hydrogen-bond donors (Lipinski definition) is 0. The van der Waals surface area contributed by atoms with Crippen LogP contribution >= 0.6 is 22.6 Å². The zero-order chi connectivity index (χ0) is 11.6. The van der Waals surface area contributed by atoms with Crippen LogP contribution in [0.5, 0.6) is 0 Å². The Labute approximate surface area is 110 Å². The van der Waals surface area contributed by atoms with Crippen molar-refractivity contribution < 1.29 is 0 Å². The summed E-state index contributed by atoms with van der Waals surface area (Å²) in [5, 5.41) is 2.63. The number of benzene rings is 1. The monoisotopic (exact) mass is 322 g/mol. The number of halogens is 1. The predicted molar refractivity (Wildman–Crippen MR) is 79.9 cm³/mol. The summed E-state index contributed by atoms with van der Waals surface area (Å²) in [5.41, 5.74) is 1.35. The topological polar surface area (TPSA) is 0 Å². The lowest BCUT2D eigenvalue weighted by atomic mass is 9.91. The lowest BCUT2D eigenvalue weighted by Gasteiger charge is -2.24. The summed E-state index contributed by atoms with van der Waals surface area (Å²) in [4.78, 5) is 0. The van der Waals surface area contributed by atoms with Crippen LogP contribution in [0.2, 0.25) is 0 Å². The van der Waals surface area contributed by atoms with E-state index in [9.17, 15) is 0 Å². The molecular weight excluding hydrogens is 307 g/mol. The van der Waals surface area contributed by atoms with Gasteiger partial charge in [0.1, 0.15) is 0 Å². The highest BCUT2D eigenvalue weighted by molar-refractivity contribution is 14.1. The van der Waals surface area contributed by atoms with Gasteiger partial charge in [-0.2, -0.15) is 0 Å². The van der Waals surface area contributed by atoms with E-state index in [1.807, 2.05) is 0 Å². The minimum absolute atomic E-state index is 0.00954. The fourth-order valence-electron chi connectivity index (χ4n) is 2.05. The summed E-state index contributed by atoms with van der Waals surface area (Å²) in [5.74, 6) is 0. The quantitative estimate of drug-likeness (QED) is 0.424. The van der Waals surface area contributed by atoms with Crippen LogP contribution in [-0.2, 0) is 0 Å². The van der Waals surface area contributed by atoms with Crippen molar-refractivity contribution in [1.29, 1.82) is 0 Å². The first-order chi connectivity index (χ1) is 7.69. The van der Waals surface area contributed by atoms with Crippen LogP contribution in [0, 0.1) is 0 Å². The van der Waals surface area contributed by atoms with Crippen molar-refractivity contribution >= 4 is 34.7 Å². The maximum Gasteiger partial charge on any atom is 0.0836 e. The molecule has 1 unspecified atom stereocenters. The molecule has 0 amide bonds. The zero-order valence-electron chi connectivity index (χ0n) is 9.57. The molecule has 16 heavy (non-hydrogen) atoms. The average molecular weight is 322 g/mol. The number of allylic oxidation sites excluding steroid dienone is 4. The first-order valence-electron chi connectivity index (χ1n) is 5.49. The van der Waals surface area contributed by atoms with Crippen molar-refractivity contribution in [2.24, 2.45) is 0 Å². The Morgan fingerprint density at radius 3 is 2.44 bits per heavy atom. The van der Waals surface area contributed by atoms with E-state index in [1.165, 1.54) is 16.0 Å². The van der Waals surface area contributed by atoms with E-state index in [2.05, 4.69) is 91.1 Å². The van der Waals surface area contributed by atoms with Crippen molar-refractivity contribution in [3.63, 3.8) is 0 Å². The molecule has 1 aromatic carbocycles. The van der Waals surface area contributed by atoms with Gasteiger partial charge in [0, 0.05) is 0 Å². The van der Waals surface area contributed by atoms with Crippen molar-refractivity contribution in [1.82, 2.24) is 0 Å². The third kappa shape index (κ3) is 2.01. The Hall–Kier alpha value is -0.830. The normalized spacial score (nSPS) is 26.3. The van der Waals surface area contributed by atoms with Crippen LogP contribution in [0.3, 0.4) is 0 Å². The number of rotatable bonds is 1. The highest BCUT2D eigenvalue weighted by Gasteiger charge is 2.25. The summed E-state index contributed by atoms with van der Waals surface area (Å²) in [6, 6.07) is 8.53. The molecule has 82 valence electrons. The van der Waals surface area contributed by atoms with Gasteiger partial charge in [0.15, 0.2) is 0 Å². The minimum atomic E-state index is 0.00954. The highest BCUT2D eigenvalue weighted by atomic mass is 127. The molecule has 1 aliphatic rings. The fourth-order valence-corrected chi connectivity index (χ4v) is 3.22. The molecule has 0 N–H and O–H groups in total. The summed E-state index contributed by atoms with van der Waals surface area (Å²) >= 11 is 2.51. The lowest BCUT2D eigenvalue weighted by molar-refractivity contribution is 1.16. The second kappa shape index (κ2) is 4.58. The van der Waals surface area contributed by atoms with Crippen LogP contribution in [-0.4, -0.2) is 3.42 Å². The fraction of sp³-hybridized carbons (Fsp3) is 0.200. The van der Waals surface area contributed by atoms with Gasteiger partial charge in [0.25, 0.3) is 0 Å². The van der Waals surface area contributed by atoms with Gasteiger partial charge in [-0.3, -0.25) is 0 Å². The molecule has 0 nitrogen and oxygen atoms in total. The molecule has 1 aromatic rings. The van der Waals surface area contributed by atoms with E-state index in [-0.39, 0.29) is 3.42 Å². The third-order valence-corrected chi connectivity index (χ3v) is 4.13. The van der Waals surface area contributed by atoms with Gasteiger partial charge in [0.2, 0.25) is 0 Å². The Bertz CT molecular complexity index is 563. The molecule has 0 heterocycles. The van der Waals surface area contributed by atoms with Gasteiger partial charge in [-0.1, -0.05) is 71.2 Å². The van der Waals surface area contributed by atoms with Crippen LogP contribution in [0.15, 0.2) is 48.1 Å². The molecule has 0 radical (unpaired) electrons. The van der Waals surface area contributed by atoms with Gasteiger partial charge >= 0.3 is 0 Å². The van der Waals surface area contributed by atoms with Gasteiger partial charge in [0.05, 0.1) is 3.42 Å². The standard InChI is InChI=1S/C15H15I/c1-3-9-15(16)11-13-8-6-5-7-12(13)10-14(15)4-2/h3-11H,1-2H3/b9-3-,14-4-. The molecule has 0 saturated carbocycles. The second-order valence-corrected chi connectivity index (χ2v) is 5.71. The SMILES string of the molecule is C/C=C\C1(I)C=c2ccccc2=C/C1=C/C. The summed E-state index contributed by atoms with van der Waals surface area (Å²) in [6.45, 7) is 4.17. The highest BCUT2D eigenvalue weighted by Crippen LogP contribution is 2.33. The average Bonchev–Trinajstić information content (AvgIpc) is 2.28. The van der Waals surface area contributed by atoms with E-state index in [4.69, 9.17) is 0 Å². The van der Waals surface area contributed by atoms with E-state index in [1.54, 1.807) is 0 Å². The number of hydrogen-bond acceptors (Lipinski definition) is 0. The molecule has 1 heteroatoms. The third-order valence-electron chi connectivity index (χ3n) is 2.84. The van der Waals surface area contributed by atoms with Crippen LogP contribution in [0.25, 0.3) is 12.2 Å². The zero-order valence-corrected chi connectivity index (χ0v) is 11.7. The molecule has 1 aliphatic carbocycles. The Morgan fingerprint density at radius 2 is 1.81 bits per heavy atom. The Kier molecular flexibility index (Phi) is 3.33. The summed E-state index contributed by atoms with van der Waals surface area (Å²) in [6.07, 6.45) is 11.2. The first-order valence-corrected chi connectivity index (χ1v) is 6.57. The molecule has 0 aromatic heterocycles. The summed E-state index contributed by atoms with van der Waals surface area (Å²) < 4.78 is 0.00954. The molecule has 1 atom stereocenters. The van der Waals surface area contributed by atoms with E-state index in [0.29, 0.717) is 0 Å². The Balaban J connectivity index is 2.74. The molecule has 2 rings (SSSR count). The Morgan fingerprint density at radius 1 is 1.12 bits per heavy atom. The van der Waals surface area contributed by atoms with E-state index in [0.717, 1.165) is 0 Å². The minimum Gasteiger partial charge on any atom is -0.0897 e. The molecule has 0 spiro atoms. The molecule has 0 fully saturated rings. The van der Waals surface area contributed by atoms with Crippen LogP contribution in [0.1, 0.15) is 13.8 Å². The van der Waals surface area contributed by atoms with E-state index >= 15 is 0 Å². The first kappa shape index (κ1) is 11.6. The second-order valence-electron chi connectivity index (χ2n) is 3.93. The van der Waals surface area contributed by atoms with Crippen molar-refractivity contribution in [2.45, 2.75) is 17.3 Å². The van der Waals surface area contributed by atoms with Crippen molar-refractivity contribution in [3.8, 4) is 0 Å².